The Morgan fingerprint density at radius 2 is 1.81 bits per heavy atom. The molecule has 2 amide bonds. The third-order valence-electron chi connectivity index (χ3n) is 6.59. The van der Waals surface area contributed by atoms with Crippen LogP contribution in [0.5, 0.6) is 5.75 Å². The zero-order valence-electron chi connectivity index (χ0n) is 20.8. The minimum atomic E-state index is -0.573. The van der Waals surface area contributed by atoms with Gasteiger partial charge in [-0.3, -0.25) is 19.8 Å². The molecule has 0 radical (unpaired) electrons. The lowest BCUT2D eigenvalue weighted by Gasteiger charge is -2.28. The van der Waals surface area contributed by atoms with Gasteiger partial charge in [-0.05, 0) is 54.8 Å². The molecule has 2 heterocycles. The van der Waals surface area contributed by atoms with Gasteiger partial charge in [-0.25, -0.2) is 4.79 Å². The molecule has 0 spiro atoms. The normalized spacial score (nSPS) is 19.8. The Labute approximate surface area is 220 Å². The van der Waals surface area contributed by atoms with Crippen molar-refractivity contribution < 1.29 is 24.0 Å². The van der Waals surface area contributed by atoms with Gasteiger partial charge in [0.15, 0.2) is 0 Å². The third kappa shape index (κ3) is 7.14. The smallest absolute Gasteiger partial charge is 0.410 e. The molecule has 2 atom stereocenters. The summed E-state index contributed by atoms with van der Waals surface area (Å²) in [7, 11) is 1.63. The van der Waals surface area contributed by atoms with Gasteiger partial charge in [0.2, 0.25) is 5.91 Å². The molecule has 2 aliphatic heterocycles. The lowest BCUT2D eigenvalue weighted by molar-refractivity contribution is -0.384. The molecule has 2 fully saturated rings. The van der Waals surface area contributed by atoms with Crippen LogP contribution in [0.3, 0.4) is 0 Å². The monoisotopic (exact) mass is 528 g/mol. The average molecular weight is 529 g/mol. The summed E-state index contributed by atoms with van der Waals surface area (Å²) in [5, 5.41) is 14.3. The number of rotatable bonds is 8. The number of nitrogens with one attached hydrogen (secondary N) is 1. The van der Waals surface area contributed by atoms with Gasteiger partial charge in [-0.15, -0.1) is 0 Å². The summed E-state index contributed by atoms with van der Waals surface area (Å²) >= 11 is 1.73. The summed E-state index contributed by atoms with van der Waals surface area (Å²) in [5.41, 5.74) is 1.76. The molecule has 0 bridgehead atoms. The molecule has 2 aromatic rings. The number of non-ortho nitro benzene ring substituents is 1. The van der Waals surface area contributed by atoms with Crippen LogP contribution in [0.1, 0.15) is 24.0 Å². The maximum absolute atomic E-state index is 13.5. The predicted octanol–water partition coefficient (Wildman–Crippen LogP) is 3.44. The second-order valence-corrected chi connectivity index (χ2v) is 10.4. The molecular weight excluding hydrogens is 496 g/mol. The number of nitrogens with zero attached hydrogens (tertiary/aromatic N) is 3. The number of thioether (sulfide) groups is 1. The van der Waals surface area contributed by atoms with Crippen molar-refractivity contribution in [3.05, 3.63) is 69.8 Å². The van der Waals surface area contributed by atoms with Crippen molar-refractivity contribution in [3.63, 3.8) is 0 Å². The number of nitro benzene ring substituents is 1. The summed E-state index contributed by atoms with van der Waals surface area (Å²) < 4.78 is 10.8. The van der Waals surface area contributed by atoms with Gasteiger partial charge in [-0.1, -0.05) is 12.1 Å². The fraction of sp³-hybridized carbons (Fsp3) is 0.462. The predicted molar refractivity (Wildman–Crippen MR) is 141 cm³/mol. The Balaban J connectivity index is 1.41. The molecule has 1 N–H and O–H groups in total. The molecule has 2 aromatic carbocycles. The Morgan fingerprint density at radius 3 is 2.51 bits per heavy atom. The van der Waals surface area contributed by atoms with Gasteiger partial charge in [0, 0.05) is 49.3 Å². The van der Waals surface area contributed by atoms with Crippen molar-refractivity contribution in [2.45, 2.75) is 36.5 Å². The lowest BCUT2D eigenvalue weighted by atomic mass is 10.2. The highest BCUT2D eigenvalue weighted by Gasteiger charge is 2.42. The number of amides is 2. The minimum absolute atomic E-state index is 0.0223. The summed E-state index contributed by atoms with van der Waals surface area (Å²) in [6.45, 7) is 3.28. The lowest BCUT2D eigenvalue weighted by Crippen LogP contribution is -2.48. The van der Waals surface area contributed by atoms with Gasteiger partial charge in [0.1, 0.15) is 18.4 Å². The number of hydrogen-bond donors (Lipinski definition) is 1. The third-order valence-corrected chi connectivity index (χ3v) is 7.90. The molecule has 0 aliphatic carbocycles. The second kappa shape index (κ2) is 12.8. The van der Waals surface area contributed by atoms with Crippen molar-refractivity contribution in [2.75, 3.05) is 39.8 Å². The molecule has 198 valence electrons. The van der Waals surface area contributed by atoms with Crippen LogP contribution < -0.4 is 10.1 Å². The van der Waals surface area contributed by atoms with Gasteiger partial charge in [-0.2, -0.15) is 11.8 Å². The summed E-state index contributed by atoms with van der Waals surface area (Å²) in [4.78, 5) is 40.4. The maximum Gasteiger partial charge on any atom is 0.410 e. The standard InChI is InChI=1S/C26H32N4O6S/c1-35-22-9-5-20(6-10-22)18-37-23-15-24(25(31)28-13-2-11-27-12-14-28)29(16-23)26(32)36-17-19-3-7-21(8-4-19)30(33)34/h3-10,23-24,27H,2,11-18H2,1H3/t23-,24-/m0/s1. The van der Waals surface area contributed by atoms with Crippen LogP contribution >= 0.6 is 11.8 Å². The molecule has 0 unspecified atom stereocenters. The molecule has 2 aliphatic rings. The molecule has 0 saturated carbocycles. The summed E-state index contributed by atoms with van der Waals surface area (Å²) in [6, 6.07) is 13.2. The van der Waals surface area contributed by atoms with Crippen molar-refractivity contribution in [1.29, 1.82) is 0 Å². The van der Waals surface area contributed by atoms with E-state index in [0.29, 0.717) is 31.6 Å². The van der Waals surface area contributed by atoms with E-state index in [9.17, 15) is 19.7 Å². The second-order valence-electron chi connectivity index (χ2n) is 9.09. The fourth-order valence-electron chi connectivity index (χ4n) is 4.51. The van der Waals surface area contributed by atoms with E-state index in [4.69, 9.17) is 9.47 Å². The number of nitro groups is 1. The molecule has 11 heteroatoms. The van der Waals surface area contributed by atoms with Gasteiger partial charge < -0.3 is 19.7 Å². The first-order chi connectivity index (χ1) is 17.9. The Bertz CT molecular complexity index is 1070. The van der Waals surface area contributed by atoms with Crippen LogP contribution in [0.15, 0.2) is 48.5 Å². The fourth-order valence-corrected chi connectivity index (χ4v) is 5.71. The Kier molecular flexibility index (Phi) is 9.24. The number of carbonyl (C=O) groups excluding carboxylic acids is 2. The van der Waals surface area contributed by atoms with E-state index in [1.165, 1.54) is 12.1 Å². The van der Waals surface area contributed by atoms with Crippen LogP contribution in [0, 0.1) is 10.1 Å². The van der Waals surface area contributed by atoms with Crippen LogP contribution in [0.2, 0.25) is 0 Å². The van der Waals surface area contributed by atoms with Gasteiger partial charge in [0.25, 0.3) is 5.69 Å². The van der Waals surface area contributed by atoms with Crippen molar-refractivity contribution in [3.8, 4) is 5.75 Å². The first-order valence-corrected chi connectivity index (χ1v) is 13.4. The molecule has 37 heavy (non-hydrogen) atoms. The first-order valence-electron chi connectivity index (χ1n) is 12.4. The summed E-state index contributed by atoms with van der Waals surface area (Å²) in [6.07, 6.45) is 0.895. The first kappa shape index (κ1) is 26.7. The molecular formula is C26H32N4O6S. The largest absolute Gasteiger partial charge is 0.497 e. The van der Waals surface area contributed by atoms with Crippen LogP contribution in [0.25, 0.3) is 0 Å². The minimum Gasteiger partial charge on any atom is -0.497 e. The van der Waals surface area contributed by atoms with Crippen molar-refractivity contribution in [2.24, 2.45) is 0 Å². The average Bonchev–Trinajstić information content (AvgIpc) is 3.16. The number of carbonyl (C=O) groups is 2. The number of hydrogen-bond acceptors (Lipinski definition) is 8. The van der Waals surface area contributed by atoms with Crippen LogP contribution in [-0.4, -0.2) is 77.8 Å². The molecule has 0 aromatic heterocycles. The molecule has 10 nitrogen and oxygen atoms in total. The van der Waals surface area contributed by atoms with E-state index in [1.54, 1.807) is 35.9 Å². The quantitative estimate of drug-likeness (QED) is 0.409. The Hall–Kier alpha value is -3.31. The topological polar surface area (TPSA) is 114 Å². The molecule has 4 rings (SSSR count). The van der Waals surface area contributed by atoms with E-state index in [0.717, 1.165) is 36.6 Å². The van der Waals surface area contributed by atoms with Crippen LogP contribution in [-0.2, 0) is 21.9 Å². The number of benzene rings is 2. The van der Waals surface area contributed by atoms with Crippen LogP contribution in [0.4, 0.5) is 10.5 Å². The van der Waals surface area contributed by atoms with E-state index in [-0.39, 0.29) is 23.5 Å². The molecule has 2 saturated heterocycles. The SMILES string of the molecule is COc1ccc(CS[C@H]2C[C@@H](C(=O)N3CCCNCC3)N(C(=O)OCc3ccc([N+](=O)[O-])cc3)C2)cc1. The van der Waals surface area contributed by atoms with Gasteiger partial charge in [0.05, 0.1) is 12.0 Å². The highest BCUT2D eigenvalue weighted by Crippen LogP contribution is 2.32. The highest BCUT2D eigenvalue weighted by molar-refractivity contribution is 7.99. The zero-order valence-corrected chi connectivity index (χ0v) is 21.7. The highest BCUT2D eigenvalue weighted by atomic mass is 32.2. The van der Waals surface area contributed by atoms with E-state index < -0.39 is 17.1 Å². The Morgan fingerprint density at radius 1 is 1.08 bits per heavy atom. The van der Waals surface area contributed by atoms with Crippen molar-refractivity contribution in [1.82, 2.24) is 15.1 Å². The number of likely N-dealkylation sites (tertiary alicyclic amines) is 1. The van der Waals surface area contributed by atoms with E-state index >= 15 is 0 Å². The number of methoxy groups -OCH3 is 1. The zero-order chi connectivity index (χ0) is 26.2. The van der Waals surface area contributed by atoms with Gasteiger partial charge >= 0.3 is 6.09 Å². The van der Waals surface area contributed by atoms with E-state index in [2.05, 4.69) is 5.32 Å². The van der Waals surface area contributed by atoms with E-state index in [1.807, 2.05) is 29.2 Å². The van der Waals surface area contributed by atoms with Crippen molar-refractivity contribution >= 4 is 29.4 Å². The summed E-state index contributed by atoms with van der Waals surface area (Å²) in [5.74, 6) is 1.52. The number of ether oxygens (including phenoxy) is 2. The maximum atomic E-state index is 13.5.